The molecule has 0 spiro atoms. The summed E-state index contributed by atoms with van der Waals surface area (Å²) < 4.78 is 28.4. The molecule has 19 heavy (non-hydrogen) atoms. The van der Waals surface area contributed by atoms with Crippen LogP contribution >= 0.6 is 27.3 Å². The van der Waals surface area contributed by atoms with Gasteiger partial charge in [-0.05, 0) is 61.4 Å². The summed E-state index contributed by atoms with van der Waals surface area (Å²) in [5, 5.41) is 0. The Morgan fingerprint density at radius 2 is 2.11 bits per heavy atom. The molecule has 1 fully saturated rings. The Hall–Kier alpha value is 0.0500. The number of halogens is 1. The largest absolute Gasteiger partial charge is 0.305 e. The second-order valence-electron chi connectivity index (χ2n) is 5.10. The number of hydrogen-bond donors (Lipinski definition) is 0. The number of nitrogens with zero attached hydrogens (tertiary/aromatic N) is 2. The molecule has 0 aliphatic carbocycles. The Labute approximate surface area is 127 Å². The van der Waals surface area contributed by atoms with Crippen molar-refractivity contribution in [3.8, 4) is 0 Å². The van der Waals surface area contributed by atoms with Crippen molar-refractivity contribution in [2.24, 2.45) is 0 Å². The molecule has 1 saturated heterocycles. The molecule has 0 radical (unpaired) electrons. The van der Waals surface area contributed by atoms with E-state index in [-0.39, 0.29) is 6.04 Å². The third kappa shape index (κ3) is 3.21. The van der Waals surface area contributed by atoms with E-state index in [0.717, 1.165) is 28.9 Å². The van der Waals surface area contributed by atoms with Crippen LogP contribution in [0.15, 0.2) is 14.1 Å². The van der Waals surface area contributed by atoms with Gasteiger partial charge in [0.05, 0.1) is 3.79 Å². The summed E-state index contributed by atoms with van der Waals surface area (Å²) in [6, 6.07) is 1.77. The minimum Gasteiger partial charge on any atom is -0.305 e. The van der Waals surface area contributed by atoms with E-state index in [1.54, 1.807) is 10.4 Å². The molecular weight excluding hydrogens is 348 g/mol. The van der Waals surface area contributed by atoms with E-state index in [9.17, 15) is 8.42 Å². The van der Waals surface area contributed by atoms with Crippen LogP contribution in [0.5, 0.6) is 0 Å². The smallest absolute Gasteiger partial charge is 0.252 e. The van der Waals surface area contributed by atoms with Gasteiger partial charge in [0.25, 0.3) is 10.0 Å². The first kappa shape index (κ1) is 15.4. The first-order chi connectivity index (χ1) is 8.82. The van der Waals surface area contributed by atoms with Crippen LogP contribution < -0.4 is 0 Å². The maximum absolute atomic E-state index is 12.7. The molecule has 2 rings (SSSR count). The van der Waals surface area contributed by atoms with E-state index in [2.05, 4.69) is 20.8 Å². The van der Waals surface area contributed by atoms with Crippen LogP contribution in [0.1, 0.15) is 18.9 Å². The van der Waals surface area contributed by atoms with E-state index in [1.807, 2.05) is 20.9 Å². The van der Waals surface area contributed by atoms with Gasteiger partial charge in [0.15, 0.2) is 0 Å². The van der Waals surface area contributed by atoms with Gasteiger partial charge in [0.2, 0.25) is 0 Å². The normalized spacial score (nSPS) is 23.5. The molecule has 1 aromatic rings. The van der Waals surface area contributed by atoms with E-state index < -0.39 is 10.0 Å². The number of rotatable bonds is 2. The fourth-order valence-corrected chi connectivity index (χ4v) is 6.40. The number of aryl methyl sites for hydroxylation is 1. The van der Waals surface area contributed by atoms with Gasteiger partial charge in [-0.3, -0.25) is 0 Å². The molecule has 108 valence electrons. The highest BCUT2D eigenvalue weighted by Gasteiger charge is 2.32. The van der Waals surface area contributed by atoms with Gasteiger partial charge in [-0.15, -0.1) is 11.3 Å². The topological polar surface area (TPSA) is 40.6 Å². The molecule has 0 aromatic carbocycles. The molecular formula is C12H19BrN2O2S2. The molecule has 1 unspecified atom stereocenters. The molecule has 4 nitrogen and oxygen atoms in total. The van der Waals surface area contributed by atoms with Crippen molar-refractivity contribution in [2.45, 2.75) is 30.5 Å². The molecule has 0 bridgehead atoms. The summed E-state index contributed by atoms with van der Waals surface area (Å²) in [7, 11) is -1.32. The number of likely N-dealkylation sites (N-methyl/N-ethyl adjacent to an activating group) is 1. The van der Waals surface area contributed by atoms with Crippen LogP contribution in [0.3, 0.4) is 0 Å². The predicted octanol–water partition coefficient (Wildman–Crippen LogP) is 2.53. The highest BCUT2D eigenvalue weighted by Crippen LogP contribution is 2.33. The highest BCUT2D eigenvalue weighted by atomic mass is 79.9. The lowest BCUT2D eigenvalue weighted by Gasteiger charge is -2.26. The third-order valence-electron chi connectivity index (χ3n) is 3.38. The van der Waals surface area contributed by atoms with Crippen LogP contribution in [0, 0.1) is 6.92 Å². The lowest BCUT2D eigenvalue weighted by atomic mass is 10.3. The van der Waals surface area contributed by atoms with Gasteiger partial charge in [0.1, 0.15) is 4.21 Å². The maximum Gasteiger partial charge on any atom is 0.252 e. The lowest BCUT2D eigenvalue weighted by Crippen LogP contribution is -2.41. The van der Waals surface area contributed by atoms with Crippen LogP contribution in [0.4, 0.5) is 0 Å². The van der Waals surface area contributed by atoms with Crippen LogP contribution in [-0.4, -0.2) is 50.3 Å². The molecule has 0 N–H and O–H groups in total. The fourth-order valence-electron chi connectivity index (χ4n) is 2.38. The summed E-state index contributed by atoms with van der Waals surface area (Å²) in [5.41, 5.74) is 0.975. The zero-order chi connectivity index (χ0) is 14.2. The maximum atomic E-state index is 12.7. The zero-order valence-electron chi connectivity index (χ0n) is 11.4. The van der Waals surface area contributed by atoms with Gasteiger partial charge in [-0.25, -0.2) is 8.42 Å². The third-order valence-corrected chi connectivity index (χ3v) is 7.98. The molecule has 2 heterocycles. The van der Waals surface area contributed by atoms with Crippen molar-refractivity contribution in [1.29, 1.82) is 0 Å². The van der Waals surface area contributed by atoms with Crippen LogP contribution in [-0.2, 0) is 10.0 Å². The number of thiophene rings is 1. The Kier molecular flexibility index (Phi) is 4.72. The molecule has 1 aliphatic heterocycles. The molecule has 7 heteroatoms. The standard InChI is InChI=1S/C12H19BrN2O2S2/c1-9-7-11(18-12(9)13)19(16,17)15-6-4-5-14(3)8-10(15)2/h7,10H,4-6,8H2,1-3H3. The van der Waals surface area contributed by atoms with Crippen LogP contribution in [0.25, 0.3) is 0 Å². The van der Waals surface area contributed by atoms with Crippen molar-refractivity contribution in [2.75, 3.05) is 26.7 Å². The Balaban J connectivity index is 2.33. The van der Waals surface area contributed by atoms with Crippen molar-refractivity contribution < 1.29 is 8.42 Å². The monoisotopic (exact) mass is 366 g/mol. The first-order valence-electron chi connectivity index (χ1n) is 6.28. The molecule has 1 atom stereocenters. The summed E-state index contributed by atoms with van der Waals surface area (Å²) >= 11 is 4.70. The summed E-state index contributed by atoms with van der Waals surface area (Å²) in [6.07, 6.45) is 0.881. The predicted molar refractivity (Wildman–Crippen MR) is 82.2 cm³/mol. The first-order valence-corrected chi connectivity index (χ1v) is 9.33. The SMILES string of the molecule is Cc1cc(S(=O)(=O)N2CCCN(C)CC2C)sc1Br. The van der Waals surface area contributed by atoms with Gasteiger partial charge >= 0.3 is 0 Å². The highest BCUT2D eigenvalue weighted by molar-refractivity contribution is 9.11. The number of hydrogen-bond acceptors (Lipinski definition) is 4. The van der Waals surface area contributed by atoms with Crippen molar-refractivity contribution in [1.82, 2.24) is 9.21 Å². The van der Waals surface area contributed by atoms with Gasteiger partial charge in [-0.1, -0.05) is 0 Å². The van der Waals surface area contributed by atoms with Crippen molar-refractivity contribution in [3.63, 3.8) is 0 Å². The summed E-state index contributed by atoms with van der Waals surface area (Å²) in [6.45, 7) is 6.23. The average Bonchev–Trinajstić information content (AvgIpc) is 2.55. The zero-order valence-corrected chi connectivity index (χ0v) is 14.6. The molecule has 0 amide bonds. The van der Waals surface area contributed by atoms with E-state index >= 15 is 0 Å². The van der Waals surface area contributed by atoms with Gasteiger partial charge in [-0.2, -0.15) is 4.31 Å². The van der Waals surface area contributed by atoms with Crippen LogP contribution in [0.2, 0.25) is 0 Å². The average molecular weight is 367 g/mol. The fraction of sp³-hybridized carbons (Fsp3) is 0.667. The van der Waals surface area contributed by atoms with E-state index in [4.69, 9.17) is 0 Å². The summed E-state index contributed by atoms with van der Waals surface area (Å²) in [4.78, 5) is 2.19. The minimum absolute atomic E-state index is 0.0127. The van der Waals surface area contributed by atoms with Crippen molar-refractivity contribution in [3.05, 3.63) is 15.4 Å². The Morgan fingerprint density at radius 1 is 1.42 bits per heavy atom. The molecule has 0 saturated carbocycles. The minimum atomic E-state index is -3.36. The molecule has 1 aromatic heterocycles. The lowest BCUT2D eigenvalue weighted by molar-refractivity contribution is 0.291. The Morgan fingerprint density at radius 3 is 2.68 bits per heavy atom. The van der Waals surface area contributed by atoms with Gasteiger partial charge < -0.3 is 4.90 Å². The second-order valence-corrected chi connectivity index (χ2v) is 9.59. The van der Waals surface area contributed by atoms with Gasteiger partial charge in [0, 0.05) is 19.1 Å². The quantitative estimate of drug-likeness (QED) is 0.807. The van der Waals surface area contributed by atoms with Crippen molar-refractivity contribution >= 4 is 37.3 Å². The van der Waals surface area contributed by atoms with E-state index in [0.29, 0.717) is 10.8 Å². The summed E-state index contributed by atoms with van der Waals surface area (Å²) in [5.74, 6) is 0. The second kappa shape index (κ2) is 5.81. The van der Waals surface area contributed by atoms with E-state index in [1.165, 1.54) is 11.3 Å². The molecule has 1 aliphatic rings. The Bertz CT molecular complexity index is 537. The number of sulfonamides is 1.